The van der Waals surface area contributed by atoms with Crippen LogP contribution in [0.1, 0.15) is 29.9 Å². The minimum absolute atomic E-state index is 0.0583. The van der Waals surface area contributed by atoms with Gasteiger partial charge in [0.25, 0.3) is 11.6 Å². The molecule has 0 unspecified atom stereocenters. The first-order valence-corrected chi connectivity index (χ1v) is 8.18. The van der Waals surface area contributed by atoms with E-state index in [2.05, 4.69) is 20.8 Å². The van der Waals surface area contributed by atoms with Gasteiger partial charge in [0.05, 0.1) is 27.7 Å². The number of benzene rings is 1. The van der Waals surface area contributed by atoms with Gasteiger partial charge in [-0.3, -0.25) is 24.8 Å². The number of nitro groups is 1. The summed E-state index contributed by atoms with van der Waals surface area (Å²) in [6, 6.07) is 4.47. The first-order valence-electron chi connectivity index (χ1n) is 7.80. The molecule has 2 rings (SSSR count). The normalized spacial score (nSPS) is 11.8. The highest BCUT2D eigenvalue weighted by Gasteiger charge is 2.26. The summed E-state index contributed by atoms with van der Waals surface area (Å²) in [5.41, 5.74) is 0.569. The molecule has 138 valence electrons. The Balaban J connectivity index is 2.07. The standard InChI is InChI=1S/C16H18ClN5O4/c1-9(2)14(16(24)18-8-10-5-6-19-21-10)20-15(23)12-4-3-11(22(25)26)7-13(12)17/h3-7,9,14H,8H2,1-2H3,(H,18,24)(H,19,21)(H,20,23)/t14-/m0/s1. The smallest absolute Gasteiger partial charge is 0.270 e. The zero-order valence-electron chi connectivity index (χ0n) is 14.2. The van der Waals surface area contributed by atoms with E-state index in [0.717, 1.165) is 11.8 Å². The monoisotopic (exact) mass is 379 g/mol. The number of carbonyl (C=O) groups excluding carboxylic acids is 2. The van der Waals surface area contributed by atoms with Crippen molar-refractivity contribution in [1.82, 2.24) is 20.8 Å². The number of amides is 2. The molecule has 2 amide bonds. The molecule has 1 atom stereocenters. The van der Waals surface area contributed by atoms with Gasteiger partial charge in [0, 0.05) is 18.3 Å². The van der Waals surface area contributed by atoms with E-state index in [9.17, 15) is 19.7 Å². The lowest BCUT2D eigenvalue weighted by Gasteiger charge is -2.21. The van der Waals surface area contributed by atoms with Gasteiger partial charge in [-0.05, 0) is 18.1 Å². The highest BCUT2D eigenvalue weighted by atomic mass is 35.5. The first kappa shape index (κ1) is 19.4. The molecule has 0 aliphatic rings. The molecule has 26 heavy (non-hydrogen) atoms. The molecule has 2 aromatic rings. The third-order valence-electron chi connectivity index (χ3n) is 3.66. The fourth-order valence-corrected chi connectivity index (χ4v) is 2.49. The van der Waals surface area contributed by atoms with Crippen LogP contribution in [0.3, 0.4) is 0 Å². The number of halogens is 1. The Hall–Kier alpha value is -2.94. The third kappa shape index (κ3) is 4.79. The summed E-state index contributed by atoms with van der Waals surface area (Å²) in [6.45, 7) is 3.83. The molecule has 0 saturated heterocycles. The Bertz CT molecular complexity index is 807. The second kappa shape index (κ2) is 8.43. The fraction of sp³-hybridized carbons (Fsp3) is 0.312. The maximum atomic E-state index is 12.4. The topological polar surface area (TPSA) is 130 Å². The van der Waals surface area contributed by atoms with Gasteiger partial charge in [0.2, 0.25) is 5.91 Å². The Morgan fingerprint density at radius 1 is 1.35 bits per heavy atom. The van der Waals surface area contributed by atoms with Crippen LogP contribution < -0.4 is 10.6 Å². The third-order valence-corrected chi connectivity index (χ3v) is 3.97. The number of nitrogens with one attached hydrogen (secondary N) is 3. The van der Waals surface area contributed by atoms with Gasteiger partial charge >= 0.3 is 0 Å². The van der Waals surface area contributed by atoms with Crippen LogP contribution in [-0.4, -0.2) is 33.0 Å². The highest BCUT2D eigenvalue weighted by Crippen LogP contribution is 2.22. The van der Waals surface area contributed by atoms with Crippen LogP contribution in [0.15, 0.2) is 30.5 Å². The van der Waals surface area contributed by atoms with E-state index in [1.54, 1.807) is 26.1 Å². The number of carbonyl (C=O) groups is 2. The number of hydrogen-bond acceptors (Lipinski definition) is 5. The molecule has 0 bridgehead atoms. The lowest BCUT2D eigenvalue weighted by Crippen LogP contribution is -2.49. The second-order valence-electron chi connectivity index (χ2n) is 5.92. The Kier molecular flexibility index (Phi) is 6.29. The molecular formula is C16H18ClN5O4. The summed E-state index contributed by atoms with van der Waals surface area (Å²) >= 11 is 5.96. The Labute approximate surface area is 154 Å². The molecule has 10 heteroatoms. The zero-order valence-corrected chi connectivity index (χ0v) is 14.9. The molecule has 1 aromatic carbocycles. The minimum atomic E-state index is -0.795. The minimum Gasteiger partial charge on any atom is -0.349 e. The van der Waals surface area contributed by atoms with E-state index in [1.165, 1.54) is 12.1 Å². The van der Waals surface area contributed by atoms with Gasteiger partial charge in [-0.2, -0.15) is 5.10 Å². The van der Waals surface area contributed by atoms with Gasteiger partial charge in [-0.15, -0.1) is 0 Å². The lowest BCUT2D eigenvalue weighted by molar-refractivity contribution is -0.384. The van der Waals surface area contributed by atoms with Gasteiger partial charge in [-0.25, -0.2) is 0 Å². The van der Waals surface area contributed by atoms with Crippen molar-refractivity contribution in [3.63, 3.8) is 0 Å². The molecule has 1 aromatic heterocycles. The molecule has 0 aliphatic carbocycles. The average Bonchev–Trinajstić information content (AvgIpc) is 3.10. The van der Waals surface area contributed by atoms with Gasteiger partial charge < -0.3 is 10.6 Å². The lowest BCUT2D eigenvalue weighted by atomic mass is 10.0. The van der Waals surface area contributed by atoms with Crippen LogP contribution in [-0.2, 0) is 11.3 Å². The summed E-state index contributed by atoms with van der Waals surface area (Å²) in [7, 11) is 0. The predicted octanol–water partition coefficient (Wildman–Crippen LogP) is 2.04. The van der Waals surface area contributed by atoms with Crippen LogP contribution in [0, 0.1) is 16.0 Å². The number of rotatable bonds is 7. The number of nitrogens with zero attached hydrogens (tertiary/aromatic N) is 2. The largest absolute Gasteiger partial charge is 0.349 e. The SMILES string of the molecule is CC(C)[C@H](NC(=O)c1ccc([N+](=O)[O-])cc1Cl)C(=O)NCc1ccn[nH]1. The molecular weight excluding hydrogens is 362 g/mol. The molecule has 9 nitrogen and oxygen atoms in total. The highest BCUT2D eigenvalue weighted by molar-refractivity contribution is 6.34. The predicted molar refractivity (Wildman–Crippen MR) is 94.6 cm³/mol. The van der Waals surface area contributed by atoms with Gasteiger partial charge in [-0.1, -0.05) is 25.4 Å². The maximum Gasteiger partial charge on any atom is 0.270 e. The van der Waals surface area contributed by atoms with Crippen molar-refractivity contribution < 1.29 is 14.5 Å². The van der Waals surface area contributed by atoms with Crippen LogP contribution in [0.2, 0.25) is 5.02 Å². The zero-order chi connectivity index (χ0) is 19.3. The van der Waals surface area contributed by atoms with Crippen molar-refractivity contribution in [2.75, 3.05) is 0 Å². The average molecular weight is 380 g/mol. The molecule has 3 N–H and O–H groups in total. The summed E-state index contributed by atoms with van der Waals surface area (Å²) in [6.07, 6.45) is 1.57. The van der Waals surface area contributed by atoms with Crippen LogP contribution in [0.5, 0.6) is 0 Å². The maximum absolute atomic E-state index is 12.4. The van der Waals surface area contributed by atoms with Crippen molar-refractivity contribution >= 4 is 29.1 Å². The molecule has 0 radical (unpaired) electrons. The first-order chi connectivity index (χ1) is 12.3. The van der Waals surface area contributed by atoms with Crippen LogP contribution >= 0.6 is 11.6 Å². The van der Waals surface area contributed by atoms with E-state index in [4.69, 9.17) is 11.6 Å². The van der Waals surface area contributed by atoms with Gasteiger partial charge in [0.1, 0.15) is 6.04 Å². The number of H-pyrrole nitrogens is 1. The quantitative estimate of drug-likeness (QED) is 0.500. The van der Waals surface area contributed by atoms with Crippen molar-refractivity contribution in [2.24, 2.45) is 5.92 Å². The van der Waals surface area contributed by atoms with E-state index < -0.39 is 16.9 Å². The van der Waals surface area contributed by atoms with Crippen LogP contribution in [0.25, 0.3) is 0 Å². The molecule has 0 spiro atoms. The Morgan fingerprint density at radius 2 is 2.08 bits per heavy atom. The van der Waals surface area contributed by atoms with E-state index in [0.29, 0.717) is 0 Å². The summed E-state index contributed by atoms with van der Waals surface area (Å²) in [5.74, 6) is -1.13. The number of aromatic amines is 1. The second-order valence-corrected chi connectivity index (χ2v) is 6.32. The van der Waals surface area contributed by atoms with Gasteiger partial charge in [0.15, 0.2) is 0 Å². The molecule has 0 fully saturated rings. The number of nitro benzene ring substituents is 1. The van der Waals surface area contributed by atoms with E-state index >= 15 is 0 Å². The number of hydrogen-bond donors (Lipinski definition) is 3. The molecule has 1 heterocycles. The Morgan fingerprint density at radius 3 is 2.62 bits per heavy atom. The van der Waals surface area contributed by atoms with E-state index in [-0.39, 0.29) is 34.6 Å². The summed E-state index contributed by atoms with van der Waals surface area (Å²) < 4.78 is 0. The fourth-order valence-electron chi connectivity index (χ4n) is 2.23. The molecule has 0 aliphatic heterocycles. The van der Waals surface area contributed by atoms with Crippen molar-refractivity contribution in [3.8, 4) is 0 Å². The molecule has 0 saturated carbocycles. The summed E-state index contributed by atoms with van der Waals surface area (Å²) in [5, 5.41) is 22.5. The van der Waals surface area contributed by atoms with Crippen molar-refractivity contribution in [1.29, 1.82) is 0 Å². The summed E-state index contributed by atoms with van der Waals surface area (Å²) in [4.78, 5) is 35.0. The number of aromatic nitrogens is 2. The van der Waals surface area contributed by atoms with Crippen molar-refractivity contribution in [2.45, 2.75) is 26.4 Å². The van der Waals surface area contributed by atoms with E-state index in [1.807, 2.05) is 0 Å². The van der Waals surface area contributed by atoms with Crippen molar-refractivity contribution in [3.05, 3.63) is 56.9 Å². The van der Waals surface area contributed by atoms with Crippen LogP contribution in [0.4, 0.5) is 5.69 Å². The number of non-ortho nitro benzene ring substituents is 1.